The van der Waals surface area contributed by atoms with Crippen molar-refractivity contribution in [3.63, 3.8) is 0 Å². The van der Waals surface area contributed by atoms with E-state index in [1.807, 2.05) is 0 Å². The molecule has 3 nitrogen and oxygen atoms in total. The lowest BCUT2D eigenvalue weighted by Gasteiger charge is -2.10. The fraction of sp³-hybridized carbons (Fsp3) is 0.667. The van der Waals surface area contributed by atoms with Crippen LogP contribution in [0.4, 0.5) is 13.2 Å². The number of thiazole rings is 1. The number of ether oxygens (including phenoxy) is 1. The zero-order chi connectivity index (χ0) is 12.0. The van der Waals surface area contributed by atoms with E-state index in [4.69, 9.17) is 0 Å². The number of aliphatic hydroxyl groups excluding tert-OH is 1. The molecule has 0 aliphatic rings. The topological polar surface area (TPSA) is 42.4 Å². The van der Waals surface area contributed by atoms with E-state index < -0.39 is 18.9 Å². The first kappa shape index (κ1) is 13.4. The summed E-state index contributed by atoms with van der Waals surface area (Å²) in [6.07, 6.45) is -2.87. The minimum Gasteiger partial charge on any atom is -0.393 e. The van der Waals surface area contributed by atoms with E-state index in [0.29, 0.717) is 6.42 Å². The summed E-state index contributed by atoms with van der Waals surface area (Å²) in [7, 11) is 0. The second-order valence-corrected chi connectivity index (χ2v) is 4.22. The van der Waals surface area contributed by atoms with Crippen LogP contribution in [0.2, 0.25) is 0 Å². The molecule has 0 saturated heterocycles. The number of nitrogens with zero attached hydrogens (tertiary/aromatic N) is 1. The summed E-state index contributed by atoms with van der Waals surface area (Å²) in [5.74, 6) is 0. The van der Waals surface area contributed by atoms with Gasteiger partial charge in [0, 0.05) is 24.6 Å². The fourth-order valence-electron chi connectivity index (χ4n) is 1.06. The highest BCUT2D eigenvalue weighted by molar-refractivity contribution is 7.09. The fourth-order valence-corrected chi connectivity index (χ4v) is 1.75. The highest BCUT2D eigenvalue weighted by atomic mass is 32.1. The van der Waals surface area contributed by atoms with Crippen molar-refractivity contribution in [2.24, 2.45) is 0 Å². The van der Waals surface area contributed by atoms with Crippen LogP contribution in [0.3, 0.4) is 0 Å². The lowest BCUT2D eigenvalue weighted by atomic mass is 10.2. The van der Waals surface area contributed by atoms with E-state index in [1.165, 1.54) is 11.3 Å². The number of aromatic nitrogens is 1. The Labute approximate surface area is 94.9 Å². The van der Waals surface area contributed by atoms with E-state index in [2.05, 4.69) is 9.72 Å². The molecule has 92 valence electrons. The van der Waals surface area contributed by atoms with Crippen molar-refractivity contribution < 1.29 is 23.0 Å². The highest BCUT2D eigenvalue weighted by Crippen LogP contribution is 2.15. The van der Waals surface area contributed by atoms with Crippen molar-refractivity contribution in [3.8, 4) is 0 Å². The van der Waals surface area contributed by atoms with Gasteiger partial charge >= 0.3 is 6.18 Å². The van der Waals surface area contributed by atoms with E-state index in [-0.39, 0.29) is 13.0 Å². The molecule has 1 aromatic rings. The first-order valence-electron chi connectivity index (χ1n) is 4.68. The zero-order valence-corrected chi connectivity index (χ0v) is 9.22. The molecule has 1 N–H and O–H groups in total. The third-order valence-electron chi connectivity index (χ3n) is 1.75. The van der Waals surface area contributed by atoms with E-state index in [0.717, 1.165) is 5.01 Å². The number of rotatable bonds is 6. The second kappa shape index (κ2) is 6.17. The Morgan fingerprint density at radius 2 is 2.25 bits per heavy atom. The molecule has 0 saturated carbocycles. The molecular formula is C9H12F3NO2S. The van der Waals surface area contributed by atoms with Gasteiger partial charge in [0.05, 0.1) is 11.1 Å². The molecule has 0 amide bonds. The molecule has 0 radical (unpaired) electrons. The first-order chi connectivity index (χ1) is 7.47. The van der Waals surface area contributed by atoms with Crippen LogP contribution in [0.1, 0.15) is 11.4 Å². The lowest BCUT2D eigenvalue weighted by molar-refractivity contribution is -0.175. The minimum atomic E-state index is -4.31. The van der Waals surface area contributed by atoms with Crippen LogP contribution in [0.25, 0.3) is 0 Å². The summed E-state index contributed by atoms with van der Waals surface area (Å²) < 4.78 is 39.5. The number of hydrogen-bond acceptors (Lipinski definition) is 4. The van der Waals surface area contributed by atoms with Crippen molar-refractivity contribution in [1.82, 2.24) is 4.98 Å². The van der Waals surface area contributed by atoms with Gasteiger partial charge in [-0.15, -0.1) is 11.3 Å². The number of halogens is 3. The maximum absolute atomic E-state index is 11.7. The van der Waals surface area contributed by atoms with Gasteiger partial charge in [0.2, 0.25) is 0 Å². The molecule has 0 fully saturated rings. The van der Waals surface area contributed by atoms with Crippen molar-refractivity contribution in [2.75, 3.05) is 13.2 Å². The smallest absolute Gasteiger partial charge is 0.393 e. The van der Waals surface area contributed by atoms with Crippen molar-refractivity contribution in [1.29, 1.82) is 0 Å². The molecule has 1 aromatic heterocycles. The van der Waals surface area contributed by atoms with Crippen LogP contribution >= 0.6 is 11.3 Å². The van der Waals surface area contributed by atoms with Gasteiger partial charge in [-0.25, -0.2) is 4.98 Å². The first-order valence-corrected chi connectivity index (χ1v) is 5.56. The van der Waals surface area contributed by atoms with Gasteiger partial charge in [0.15, 0.2) is 0 Å². The Morgan fingerprint density at radius 3 is 2.81 bits per heavy atom. The van der Waals surface area contributed by atoms with Crippen molar-refractivity contribution >= 4 is 11.3 Å². The molecule has 0 aliphatic carbocycles. The molecule has 1 heterocycles. The second-order valence-electron chi connectivity index (χ2n) is 3.24. The molecule has 1 rings (SSSR count). The summed E-state index contributed by atoms with van der Waals surface area (Å²) in [6, 6.07) is 0. The van der Waals surface area contributed by atoms with Gasteiger partial charge < -0.3 is 9.84 Å². The molecule has 0 spiro atoms. The van der Waals surface area contributed by atoms with Gasteiger partial charge in [0.25, 0.3) is 0 Å². The van der Waals surface area contributed by atoms with Crippen LogP contribution < -0.4 is 0 Å². The third-order valence-corrected chi connectivity index (χ3v) is 2.56. The predicted octanol–water partition coefficient (Wildman–Crippen LogP) is 2.02. The standard InChI is InChI=1S/C9H12F3NO2S/c10-9(11,12)6-15-3-1-7(14)5-8-13-2-4-16-8/h2,4,7,14H,1,3,5-6H2. The van der Waals surface area contributed by atoms with Crippen LogP contribution in [0, 0.1) is 0 Å². The summed E-state index contributed by atoms with van der Waals surface area (Å²) in [5.41, 5.74) is 0. The van der Waals surface area contributed by atoms with E-state index in [1.54, 1.807) is 11.6 Å². The van der Waals surface area contributed by atoms with Gasteiger partial charge in [-0.05, 0) is 6.42 Å². The molecule has 0 aliphatic heterocycles. The molecule has 1 atom stereocenters. The molecule has 16 heavy (non-hydrogen) atoms. The summed E-state index contributed by atoms with van der Waals surface area (Å²) in [6.45, 7) is -1.37. The number of alkyl halides is 3. The molecule has 0 bridgehead atoms. The molecular weight excluding hydrogens is 243 g/mol. The zero-order valence-electron chi connectivity index (χ0n) is 8.41. The molecule has 7 heteroatoms. The summed E-state index contributed by atoms with van der Waals surface area (Å²) >= 11 is 1.40. The van der Waals surface area contributed by atoms with Gasteiger partial charge in [-0.1, -0.05) is 0 Å². The largest absolute Gasteiger partial charge is 0.411 e. The Balaban J connectivity index is 2.09. The van der Waals surface area contributed by atoms with Gasteiger partial charge in [-0.2, -0.15) is 13.2 Å². The minimum absolute atomic E-state index is 0.105. The van der Waals surface area contributed by atoms with E-state index in [9.17, 15) is 18.3 Å². The Bertz CT molecular complexity index is 289. The number of hydrogen-bond donors (Lipinski definition) is 1. The average Bonchev–Trinajstić information content (AvgIpc) is 2.63. The summed E-state index contributed by atoms with van der Waals surface area (Å²) in [5, 5.41) is 12.0. The average molecular weight is 255 g/mol. The molecule has 0 aromatic carbocycles. The van der Waals surface area contributed by atoms with E-state index >= 15 is 0 Å². The predicted molar refractivity (Wildman–Crippen MR) is 53.3 cm³/mol. The SMILES string of the molecule is OC(CCOCC(F)(F)F)Cc1nccs1. The third kappa shape index (κ3) is 6.04. The van der Waals surface area contributed by atoms with Crippen LogP contribution in [-0.2, 0) is 11.2 Å². The van der Waals surface area contributed by atoms with Crippen molar-refractivity contribution in [2.45, 2.75) is 25.1 Å². The Morgan fingerprint density at radius 1 is 1.50 bits per heavy atom. The summed E-state index contributed by atoms with van der Waals surface area (Å²) in [4.78, 5) is 3.96. The monoisotopic (exact) mass is 255 g/mol. The lowest BCUT2D eigenvalue weighted by Crippen LogP contribution is -2.20. The van der Waals surface area contributed by atoms with Crippen LogP contribution in [0.15, 0.2) is 11.6 Å². The Hall–Kier alpha value is -0.660. The normalized spacial score (nSPS) is 14.0. The Kier molecular flexibility index (Phi) is 5.17. The van der Waals surface area contributed by atoms with Crippen LogP contribution in [-0.4, -0.2) is 35.6 Å². The maximum atomic E-state index is 11.7. The maximum Gasteiger partial charge on any atom is 0.411 e. The quantitative estimate of drug-likeness (QED) is 0.791. The van der Waals surface area contributed by atoms with Gasteiger partial charge in [0.1, 0.15) is 6.61 Å². The van der Waals surface area contributed by atoms with Crippen molar-refractivity contribution in [3.05, 3.63) is 16.6 Å². The number of aliphatic hydroxyl groups is 1. The van der Waals surface area contributed by atoms with Crippen LogP contribution in [0.5, 0.6) is 0 Å². The van der Waals surface area contributed by atoms with Gasteiger partial charge in [-0.3, -0.25) is 0 Å². The highest BCUT2D eigenvalue weighted by Gasteiger charge is 2.27. The molecule has 1 unspecified atom stereocenters.